The van der Waals surface area contributed by atoms with E-state index >= 15 is 0 Å². The molecule has 2 heterocycles. The van der Waals surface area contributed by atoms with E-state index < -0.39 is 26.1 Å². The Bertz CT molecular complexity index is 1260. The summed E-state index contributed by atoms with van der Waals surface area (Å²) in [6.45, 7) is 1.95. The first-order valence-electron chi connectivity index (χ1n) is 11.6. The fraction of sp³-hybridized carbons (Fsp3) is 0.435. The molecule has 2 aromatic rings. The molecule has 2 aliphatic heterocycles. The average molecular weight is 558 g/mol. The number of nitrogens with zero attached hydrogens (tertiary/aromatic N) is 2. The van der Waals surface area contributed by atoms with E-state index in [-0.39, 0.29) is 35.4 Å². The van der Waals surface area contributed by atoms with Crippen LogP contribution < -0.4 is 10.1 Å². The molecule has 0 bridgehead atoms. The number of sulfonamides is 2. The van der Waals surface area contributed by atoms with Crippen molar-refractivity contribution >= 4 is 37.6 Å². The molecular formula is C23H28ClN3O7S2. The molecule has 0 aromatic heterocycles. The lowest BCUT2D eigenvalue weighted by atomic mass is 10.2. The van der Waals surface area contributed by atoms with E-state index in [0.29, 0.717) is 49.9 Å². The van der Waals surface area contributed by atoms with Gasteiger partial charge in [0.15, 0.2) is 0 Å². The third-order valence-electron chi connectivity index (χ3n) is 6.03. The molecule has 1 N–H and O–H groups in total. The van der Waals surface area contributed by atoms with Crippen molar-refractivity contribution in [3.63, 3.8) is 0 Å². The lowest BCUT2D eigenvalue weighted by Gasteiger charge is -2.26. The summed E-state index contributed by atoms with van der Waals surface area (Å²) in [6.07, 6.45) is 1.01. The first kappa shape index (κ1) is 26.8. The van der Waals surface area contributed by atoms with Crippen LogP contribution in [-0.4, -0.2) is 83.4 Å². The number of carbonyl (C=O) groups excluding carboxylic acids is 1. The van der Waals surface area contributed by atoms with Crippen LogP contribution >= 0.6 is 11.6 Å². The van der Waals surface area contributed by atoms with E-state index in [0.717, 1.165) is 0 Å². The Labute approximate surface area is 216 Å². The van der Waals surface area contributed by atoms with E-state index in [2.05, 4.69) is 5.32 Å². The van der Waals surface area contributed by atoms with Crippen molar-refractivity contribution < 1.29 is 31.1 Å². The van der Waals surface area contributed by atoms with Gasteiger partial charge in [0.1, 0.15) is 18.4 Å². The highest BCUT2D eigenvalue weighted by atomic mass is 35.5. The second-order valence-electron chi connectivity index (χ2n) is 8.36. The lowest BCUT2D eigenvalue weighted by molar-refractivity contribution is -0.124. The van der Waals surface area contributed by atoms with Gasteiger partial charge in [0.05, 0.1) is 29.5 Å². The van der Waals surface area contributed by atoms with Gasteiger partial charge in [-0.2, -0.15) is 8.61 Å². The van der Waals surface area contributed by atoms with E-state index in [4.69, 9.17) is 21.1 Å². The number of rotatable bonds is 9. The summed E-state index contributed by atoms with van der Waals surface area (Å²) in [5, 5.41) is 3.16. The van der Waals surface area contributed by atoms with Crippen LogP contribution in [0.15, 0.2) is 58.3 Å². The summed E-state index contributed by atoms with van der Waals surface area (Å²) in [6, 6.07) is 11.2. The van der Waals surface area contributed by atoms with Gasteiger partial charge in [-0.05, 0) is 61.4 Å². The number of halogens is 1. The highest BCUT2D eigenvalue weighted by molar-refractivity contribution is 7.89. The maximum atomic E-state index is 13.0. The zero-order valence-corrected chi connectivity index (χ0v) is 21.9. The van der Waals surface area contributed by atoms with Crippen molar-refractivity contribution in [1.29, 1.82) is 0 Å². The monoisotopic (exact) mass is 557 g/mol. The van der Waals surface area contributed by atoms with Crippen LogP contribution in [0.3, 0.4) is 0 Å². The molecule has 2 fully saturated rings. The molecule has 1 atom stereocenters. The summed E-state index contributed by atoms with van der Waals surface area (Å²) in [4.78, 5) is 13.0. The Morgan fingerprint density at radius 1 is 0.944 bits per heavy atom. The van der Waals surface area contributed by atoms with Crippen molar-refractivity contribution in [3.8, 4) is 5.75 Å². The van der Waals surface area contributed by atoms with Crippen LogP contribution in [0, 0.1) is 0 Å². The first-order chi connectivity index (χ1) is 17.2. The zero-order valence-electron chi connectivity index (χ0n) is 19.5. The molecule has 0 radical (unpaired) electrons. The molecule has 36 heavy (non-hydrogen) atoms. The second-order valence-corrected chi connectivity index (χ2v) is 12.6. The molecule has 0 aliphatic carbocycles. The molecule has 2 aromatic carbocycles. The minimum atomic E-state index is -3.82. The lowest BCUT2D eigenvalue weighted by Crippen LogP contribution is -2.46. The largest absolute Gasteiger partial charge is 0.492 e. The van der Waals surface area contributed by atoms with Gasteiger partial charge in [-0.15, -0.1) is 0 Å². The van der Waals surface area contributed by atoms with Gasteiger partial charge in [0.25, 0.3) is 0 Å². The summed E-state index contributed by atoms with van der Waals surface area (Å²) < 4.78 is 64.8. The van der Waals surface area contributed by atoms with Gasteiger partial charge in [0.2, 0.25) is 26.0 Å². The number of hydrogen-bond acceptors (Lipinski definition) is 7. The van der Waals surface area contributed by atoms with E-state index in [1.165, 1.54) is 45.0 Å². The minimum absolute atomic E-state index is 0.0917. The number of hydrogen-bond donors (Lipinski definition) is 1. The Morgan fingerprint density at radius 2 is 1.56 bits per heavy atom. The minimum Gasteiger partial charge on any atom is -0.492 e. The van der Waals surface area contributed by atoms with Crippen LogP contribution in [0.1, 0.15) is 12.8 Å². The molecule has 2 aliphatic rings. The number of nitrogens with one attached hydrogen (secondary N) is 1. The van der Waals surface area contributed by atoms with E-state index in [1.807, 2.05) is 0 Å². The standard InChI is InChI=1S/C23H28ClN3O7S2/c24-18-3-7-21(8-4-18)36(31,32)27-12-1-2-22(27)23(28)25-11-15-34-19-5-9-20(10-6-19)35(29,30)26-13-16-33-17-14-26/h3-10,22H,1-2,11-17H2,(H,25,28)/t22-/m0/s1. The van der Waals surface area contributed by atoms with Crippen molar-refractivity contribution in [2.75, 3.05) is 46.0 Å². The summed E-state index contributed by atoms with van der Waals surface area (Å²) in [5.74, 6) is 0.0681. The molecule has 0 saturated carbocycles. The fourth-order valence-electron chi connectivity index (χ4n) is 4.14. The number of amides is 1. The predicted octanol–water partition coefficient (Wildman–Crippen LogP) is 1.71. The van der Waals surface area contributed by atoms with Crippen molar-refractivity contribution in [1.82, 2.24) is 13.9 Å². The average Bonchev–Trinajstić information content (AvgIpc) is 3.39. The molecule has 2 saturated heterocycles. The van der Waals surface area contributed by atoms with E-state index in [9.17, 15) is 21.6 Å². The van der Waals surface area contributed by atoms with Gasteiger partial charge in [-0.3, -0.25) is 4.79 Å². The van der Waals surface area contributed by atoms with Crippen molar-refractivity contribution in [2.45, 2.75) is 28.7 Å². The quantitative estimate of drug-likeness (QED) is 0.466. The van der Waals surface area contributed by atoms with Gasteiger partial charge in [-0.1, -0.05) is 11.6 Å². The molecule has 4 rings (SSSR count). The molecular weight excluding hydrogens is 530 g/mol. The topological polar surface area (TPSA) is 122 Å². The molecule has 13 heteroatoms. The van der Waals surface area contributed by atoms with Gasteiger partial charge in [-0.25, -0.2) is 16.8 Å². The summed E-state index contributed by atoms with van der Waals surface area (Å²) >= 11 is 5.86. The third kappa shape index (κ3) is 6.01. The molecule has 196 valence electrons. The normalized spacial score (nSPS) is 19.8. The highest BCUT2D eigenvalue weighted by Crippen LogP contribution is 2.27. The van der Waals surface area contributed by atoms with Gasteiger partial charge in [0, 0.05) is 24.7 Å². The van der Waals surface area contributed by atoms with Crippen molar-refractivity contribution in [3.05, 3.63) is 53.6 Å². The van der Waals surface area contributed by atoms with E-state index in [1.54, 1.807) is 12.1 Å². The van der Waals surface area contributed by atoms with Crippen LogP contribution in [-0.2, 0) is 29.6 Å². The van der Waals surface area contributed by atoms with Crippen LogP contribution in [0.5, 0.6) is 5.75 Å². The maximum absolute atomic E-state index is 13.0. The number of carbonyl (C=O) groups is 1. The number of benzene rings is 2. The van der Waals surface area contributed by atoms with Crippen LogP contribution in [0.2, 0.25) is 5.02 Å². The smallest absolute Gasteiger partial charge is 0.243 e. The summed E-state index contributed by atoms with van der Waals surface area (Å²) in [7, 11) is -7.41. The van der Waals surface area contributed by atoms with Crippen LogP contribution in [0.4, 0.5) is 0 Å². The fourth-order valence-corrected chi connectivity index (χ4v) is 7.33. The third-order valence-corrected chi connectivity index (χ3v) is 10.1. The Hall–Kier alpha value is -2.22. The molecule has 10 nitrogen and oxygen atoms in total. The SMILES string of the molecule is O=C(NCCOc1ccc(S(=O)(=O)N2CCOCC2)cc1)[C@@H]1CCCN1S(=O)(=O)c1ccc(Cl)cc1. The van der Waals surface area contributed by atoms with Crippen molar-refractivity contribution in [2.24, 2.45) is 0 Å². The predicted molar refractivity (Wildman–Crippen MR) is 133 cm³/mol. The Kier molecular flexibility index (Phi) is 8.53. The highest BCUT2D eigenvalue weighted by Gasteiger charge is 2.39. The molecule has 1 amide bonds. The molecule has 0 unspecified atom stereocenters. The zero-order chi connectivity index (χ0) is 25.8. The van der Waals surface area contributed by atoms with Gasteiger partial charge < -0.3 is 14.8 Å². The Morgan fingerprint density at radius 3 is 2.22 bits per heavy atom. The van der Waals surface area contributed by atoms with Gasteiger partial charge >= 0.3 is 0 Å². The number of morpholine rings is 1. The maximum Gasteiger partial charge on any atom is 0.243 e. The molecule has 0 spiro atoms. The summed E-state index contributed by atoms with van der Waals surface area (Å²) in [5.41, 5.74) is 0. The Balaban J connectivity index is 1.28. The first-order valence-corrected chi connectivity index (χ1v) is 14.8. The number of ether oxygens (including phenoxy) is 2. The van der Waals surface area contributed by atoms with Crippen LogP contribution in [0.25, 0.3) is 0 Å². The second kappa shape index (κ2) is 11.4.